The van der Waals surface area contributed by atoms with Gasteiger partial charge in [0.05, 0.1) is 12.6 Å². The Hall–Kier alpha value is -2.90. The smallest absolute Gasteiger partial charge is 0.258 e. The van der Waals surface area contributed by atoms with Gasteiger partial charge in [-0.2, -0.15) is 4.98 Å². The highest BCUT2D eigenvalue weighted by molar-refractivity contribution is 6.30. The van der Waals surface area contributed by atoms with Crippen LogP contribution >= 0.6 is 11.6 Å². The number of aliphatic hydroxyl groups is 1. The molecule has 1 aliphatic rings. The first-order valence-electron chi connectivity index (χ1n) is 9.37. The van der Waals surface area contributed by atoms with Gasteiger partial charge in [0.1, 0.15) is 5.75 Å². The average molecular weight is 414 g/mol. The van der Waals surface area contributed by atoms with Crippen LogP contribution in [0.3, 0.4) is 0 Å². The van der Waals surface area contributed by atoms with Gasteiger partial charge >= 0.3 is 0 Å². The van der Waals surface area contributed by atoms with Crippen LogP contribution in [0.25, 0.3) is 11.5 Å². The van der Waals surface area contributed by atoms with Crippen molar-refractivity contribution in [3.63, 3.8) is 0 Å². The lowest BCUT2D eigenvalue weighted by atomic mass is 10.1. The molecule has 1 aliphatic heterocycles. The summed E-state index contributed by atoms with van der Waals surface area (Å²) in [4.78, 5) is 18.6. The summed E-state index contributed by atoms with van der Waals surface area (Å²) in [7, 11) is 0. The molecule has 0 bridgehead atoms. The van der Waals surface area contributed by atoms with Crippen LogP contribution < -0.4 is 4.74 Å². The van der Waals surface area contributed by atoms with E-state index in [0.717, 1.165) is 18.4 Å². The van der Waals surface area contributed by atoms with E-state index in [2.05, 4.69) is 10.1 Å². The first kappa shape index (κ1) is 19.4. The SMILES string of the molecule is O=C(c1ccc(OCc2noc(-c3ccc(Cl)cc3)n2)cc1)N1CCC[C@H]1CO. The fourth-order valence-corrected chi connectivity index (χ4v) is 3.45. The van der Waals surface area contributed by atoms with Crippen molar-refractivity contribution in [3.8, 4) is 17.2 Å². The maximum Gasteiger partial charge on any atom is 0.258 e. The van der Waals surface area contributed by atoms with Crippen molar-refractivity contribution in [1.82, 2.24) is 15.0 Å². The fourth-order valence-electron chi connectivity index (χ4n) is 3.32. The second-order valence-electron chi connectivity index (χ2n) is 6.81. The molecule has 1 N–H and O–H groups in total. The number of likely N-dealkylation sites (tertiary alicyclic amines) is 1. The van der Waals surface area contributed by atoms with Gasteiger partial charge in [0.15, 0.2) is 6.61 Å². The van der Waals surface area contributed by atoms with E-state index < -0.39 is 0 Å². The van der Waals surface area contributed by atoms with Crippen LogP contribution in [0.4, 0.5) is 0 Å². The molecule has 0 unspecified atom stereocenters. The van der Waals surface area contributed by atoms with Crippen LogP contribution in [-0.2, 0) is 6.61 Å². The predicted octanol–water partition coefficient (Wildman–Crippen LogP) is 3.57. The van der Waals surface area contributed by atoms with Gasteiger partial charge in [0.2, 0.25) is 5.82 Å². The van der Waals surface area contributed by atoms with E-state index in [9.17, 15) is 9.90 Å². The van der Waals surface area contributed by atoms with E-state index in [4.69, 9.17) is 20.9 Å². The Kier molecular flexibility index (Phi) is 5.78. The number of ether oxygens (including phenoxy) is 1. The Morgan fingerprint density at radius 2 is 1.97 bits per heavy atom. The third-order valence-corrected chi connectivity index (χ3v) is 5.13. The molecule has 0 spiro atoms. The van der Waals surface area contributed by atoms with Crippen LogP contribution in [0.2, 0.25) is 5.02 Å². The number of hydrogen-bond donors (Lipinski definition) is 1. The number of carbonyl (C=O) groups excluding carboxylic acids is 1. The second kappa shape index (κ2) is 8.63. The van der Waals surface area contributed by atoms with Gasteiger partial charge < -0.3 is 19.3 Å². The van der Waals surface area contributed by atoms with Crippen LogP contribution in [0.1, 0.15) is 29.0 Å². The van der Waals surface area contributed by atoms with E-state index in [0.29, 0.717) is 34.6 Å². The summed E-state index contributed by atoms with van der Waals surface area (Å²) < 4.78 is 10.9. The standard InChI is InChI=1S/C21H20ClN3O4/c22-16-7-3-14(4-8-16)20-23-19(24-29-20)13-28-18-9-5-15(6-10-18)21(27)25-11-1-2-17(25)12-26/h3-10,17,26H,1-2,11-13H2/t17-/m0/s1. The Morgan fingerprint density at radius 1 is 1.21 bits per heavy atom. The predicted molar refractivity (Wildman–Crippen MR) is 107 cm³/mol. The monoisotopic (exact) mass is 413 g/mol. The molecule has 29 heavy (non-hydrogen) atoms. The molecule has 0 radical (unpaired) electrons. The summed E-state index contributed by atoms with van der Waals surface area (Å²) >= 11 is 5.88. The number of hydrogen-bond acceptors (Lipinski definition) is 6. The Morgan fingerprint density at radius 3 is 2.69 bits per heavy atom. The van der Waals surface area contributed by atoms with Crippen molar-refractivity contribution in [2.75, 3.05) is 13.2 Å². The molecule has 7 nitrogen and oxygen atoms in total. The van der Waals surface area contributed by atoms with Gasteiger partial charge in [-0.15, -0.1) is 0 Å². The second-order valence-corrected chi connectivity index (χ2v) is 7.25. The van der Waals surface area contributed by atoms with Crippen LogP contribution in [0.5, 0.6) is 5.75 Å². The van der Waals surface area contributed by atoms with Gasteiger partial charge in [0, 0.05) is 22.7 Å². The molecule has 0 saturated carbocycles. The zero-order valence-corrected chi connectivity index (χ0v) is 16.4. The molecule has 1 aromatic heterocycles. The van der Waals surface area contributed by atoms with Gasteiger partial charge in [-0.1, -0.05) is 16.8 Å². The van der Waals surface area contributed by atoms with E-state index in [-0.39, 0.29) is 25.2 Å². The molecular formula is C21H20ClN3O4. The quantitative estimate of drug-likeness (QED) is 0.664. The van der Waals surface area contributed by atoms with Crippen molar-refractivity contribution in [3.05, 3.63) is 64.9 Å². The largest absolute Gasteiger partial charge is 0.485 e. The Bertz CT molecular complexity index is 972. The molecule has 2 aromatic carbocycles. The third-order valence-electron chi connectivity index (χ3n) is 4.88. The van der Waals surface area contributed by atoms with Crippen LogP contribution in [0.15, 0.2) is 53.1 Å². The highest BCUT2D eigenvalue weighted by atomic mass is 35.5. The minimum absolute atomic E-state index is 0.00432. The maximum absolute atomic E-state index is 12.6. The third kappa shape index (κ3) is 4.41. The number of amides is 1. The molecule has 2 heterocycles. The lowest BCUT2D eigenvalue weighted by molar-refractivity contribution is 0.0677. The lowest BCUT2D eigenvalue weighted by Gasteiger charge is -2.23. The lowest BCUT2D eigenvalue weighted by Crippen LogP contribution is -2.37. The zero-order valence-electron chi connectivity index (χ0n) is 15.6. The highest BCUT2D eigenvalue weighted by Gasteiger charge is 2.28. The van der Waals surface area contributed by atoms with Crippen LogP contribution in [0, 0.1) is 0 Å². The first-order chi connectivity index (χ1) is 14.1. The molecule has 150 valence electrons. The first-order valence-corrected chi connectivity index (χ1v) is 9.75. The number of rotatable bonds is 6. The van der Waals surface area contributed by atoms with Crippen molar-refractivity contribution < 1.29 is 19.2 Å². The van der Waals surface area contributed by atoms with Crippen molar-refractivity contribution in [2.45, 2.75) is 25.5 Å². The molecule has 1 fully saturated rings. The Balaban J connectivity index is 1.36. The van der Waals surface area contributed by atoms with E-state index in [1.54, 1.807) is 53.4 Å². The Labute approximate surface area is 172 Å². The van der Waals surface area contributed by atoms with Crippen molar-refractivity contribution >= 4 is 17.5 Å². The minimum atomic E-state index is -0.0912. The van der Waals surface area contributed by atoms with E-state index in [1.165, 1.54) is 0 Å². The number of nitrogens with zero attached hydrogens (tertiary/aromatic N) is 3. The van der Waals surface area contributed by atoms with E-state index >= 15 is 0 Å². The van der Waals surface area contributed by atoms with Gasteiger partial charge in [-0.25, -0.2) is 0 Å². The number of aromatic nitrogens is 2. The van der Waals surface area contributed by atoms with E-state index in [1.807, 2.05) is 0 Å². The summed E-state index contributed by atoms with van der Waals surface area (Å²) in [5.41, 5.74) is 1.35. The zero-order chi connectivity index (χ0) is 20.2. The van der Waals surface area contributed by atoms with Crippen LogP contribution in [-0.4, -0.2) is 45.2 Å². The normalized spacial score (nSPS) is 16.2. The molecule has 1 atom stereocenters. The molecular weight excluding hydrogens is 394 g/mol. The summed E-state index contributed by atoms with van der Waals surface area (Å²) in [6.07, 6.45) is 1.76. The molecule has 3 aromatic rings. The summed E-state index contributed by atoms with van der Waals surface area (Å²) in [5.74, 6) is 1.33. The van der Waals surface area contributed by atoms with Crippen molar-refractivity contribution in [2.24, 2.45) is 0 Å². The number of benzene rings is 2. The van der Waals surface area contributed by atoms with Crippen molar-refractivity contribution in [1.29, 1.82) is 0 Å². The molecule has 4 rings (SSSR count). The molecule has 0 aliphatic carbocycles. The molecule has 1 amide bonds. The topological polar surface area (TPSA) is 88.7 Å². The number of carbonyl (C=O) groups is 1. The minimum Gasteiger partial charge on any atom is -0.485 e. The average Bonchev–Trinajstić information content (AvgIpc) is 3.42. The van der Waals surface area contributed by atoms with Gasteiger partial charge in [-0.3, -0.25) is 4.79 Å². The summed E-state index contributed by atoms with van der Waals surface area (Å²) in [6.45, 7) is 0.814. The highest BCUT2D eigenvalue weighted by Crippen LogP contribution is 2.22. The number of halogens is 1. The summed E-state index contributed by atoms with van der Waals surface area (Å²) in [6, 6.07) is 13.9. The van der Waals surface area contributed by atoms with Gasteiger partial charge in [-0.05, 0) is 61.4 Å². The maximum atomic E-state index is 12.6. The molecule has 1 saturated heterocycles. The molecule has 8 heteroatoms. The summed E-state index contributed by atoms with van der Waals surface area (Å²) in [5, 5.41) is 14.0. The number of aliphatic hydroxyl groups excluding tert-OH is 1. The van der Waals surface area contributed by atoms with Gasteiger partial charge in [0.25, 0.3) is 11.8 Å². The fraction of sp³-hybridized carbons (Fsp3) is 0.286.